The van der Waals surface area contributed by atoms with Crippen LogP contribution in [0.3, 0.4) is 0 Å². The Morgan fingerprint density at radius 1 is 1.53 bits per heavy atom. The fourth-order valence-corrected chi connectivity index (χ4v) is 4.06. The van der Waals surface area contributed by atoms with E-state index in [1.807, 2.05) is 6.20 Å². The highest BCUT2D eigenvalue weighted by molar-refractivity contribution is 7.99. The second-order valence-electron chi connectivity index (χ2n) is 4.29. The van der Waals surface area contributed by atoms with Crippen molar-refractivity contribution in [3.63, 3.8) is 0 Å². The number of nitrogens with one attached hydrogen (secondary N) is 1. The SMILES string of the molecule is CC(C)NC(c1nccs1)C1CCSC1. The lowest BCUT2D eigenvalue weighted by atomic mass is 9.99. The van der Waals surface area contributed by atoms with Crippen molar-refractivity contribution in [3.8, 4) is 0 Å². The van der Waals surface area contributed by atoms with Gasteiger partial charge in [-0.2, -0.15) is 11.8 Å². The molecule has 0 saturated carbocycles. The van der Waals surface area contributed by atoms with Crippen LogP contribution in [0.1, 0.15) is 31.3 Å². The summed E-state index contributed by atoms with van der Waals surface area (Å²) in [7, 11) is 0. The number of thioether (sulfide) groups is 1. The van der Waals surface area contributed by atoms with E-state index in [9.17, 15) is 0 Å². The first kappa shape index (κ1) is 11.4. The van der Waals surface area contributed by atoms with E-state index in [0.717, 1.165) is 5.92 Å². The third kappa shape index (κ3) is 2.95. The average molecular weight is 242 g/mol. The number of hydrogen-bond donors (Lipinski definition) is 1. The van der Waals surface area contributed by atoms with Crippen molar-refractivity contribution in [2.24, 2.45) is 5.92 Å². The molecule has 2 nitrogen and oxygen atoms in total. The van der Waals surface area contributed by atoms with E-state index in [1.165, 1.54) is 22.9 Å². The first-order chi connectivity index (χ1) is 7.27. The van der Waals surface area contributed by atoms with Crippen molar-refractivity contribution in [2.75, 3.05) is 11.5 Å². The van der Waals surface area contributed by atoms with Crippen molar-refractivity contribution >= 4 is 23.1 Å². The van der Waals surface area contributed by atoms with E-state index in [2.05, 4.69) is 41.3 Å². The van der Waals surface area contributed by atoms with E-state index in [-0.39, 0.29) is 0 Å². The minimum Gasteiger partial charge on any atom is -0.305 e. The number of thiazole rings is 1. The van der Waals surface area contributed by atoms with Crippen molar-refractivity contribution in [1.82, 2.24) is 10.3 Å². The van der Waals surface area contributed by atoms with Gasteiger partial charge in [0.1, 0.15) is 5.01 Å². The van der Waals surface area contributed by atoms with Crippen LogP contribution in [0.4, 0.5) is 0 Å². The van der Waals surface area contributed by atoms with Gasteiger partial charge in [0, 0.05) is 17.6 Å². The van der Waals surface area contributed by atoms with Crippen LogP contribution in [-0.4, -0.2) is 22.5 Å². The van der Waals surface area contributed by atoms with Gasteiger partial charge in [-0.05, 0) is 23.8 Å². The summed E-state index contributed by atoms with van der Waals surface area (Å²) in [5, 5.41) is 6.99. The molecule has 0 amide bonds. The number of aromatic nitrogens is 1. The highest BCUT2D eigenvalue weighted by Crippen LogP contribution is 2.35. The molecule has 0 aromatic carbocycles. The standard InChI is InChI=1S/C11H18N2S2/c1-8(2)13-10(9-3-5-14-7-9)11-12-4-6-15-11/h4,6,8-10,13H,3,5,7H2,1-2H3. The Balaban J connectivity index is 2.08. The summed E-state index contributed by atoms with van der Waals surface area (Å²) in [5.41, 5.74) is 0. The maximum atomic E-state index is 4.46. The van der Waals surface area contributed by atoms with E-state index >= 15 is 0 Å². The van der Waals surface area contributed by atoms with Gasteiger partial charge in [-0.3, -0.25) is 0 Å². The molecule has 0 aliphatic carbocycles. The molecule has 1 saturated heterocycles. The van der Waals surface area contributed by atoms with Gasteiger partial charge < -0.3 is 5.32 Å². The fraction of sp³-hybridized carbons (Fsp3) is 0.727. The fourth-order valence-electron chi connectivity index (χ4n) is 1.97. The van der Waals surface area contributed by atoms with Crippen LogP contribution in [-0.2, 0) is 0 Å². The predicted octanol–water partition coefficient (Wildman–Crippen LogP) is 2.94. The molecular formula is C11H18N2S2. The zero-order valence-electron chi connectivity index (χ0n) is 9.27. The molecule has 15 heavy (non-hydrogen) atoms. The molecule has 2 atom stereocenters. The van der Waals surface area contributed by atoms with Crippen LogP contribution in [0.15, 0.2) is 11.6 Å². The van der Waals surface area contributed by atoms with Crippen LogP contribution < -0.4 is 5.32 Å². The Bertz CT molecular complexity index is 279. The molecular weight excluding hydrogens is 224 g/mol. The summed E-state index contributed by atoms with van der Waals surface area (Å²) in [4.78, 5) is 4.46. The largest absolute Gasteiger partial charge is 0.305 e. The normalized spacial score (nSPS) is 23.5. The lowest BCUT2D eigenvalue weighted by Gasteiger charge is -2.24. The van der Waals surface area contributed by atoms with Crippen molar-refractivity contribution in [2.45, 2.75) is 32.4 Å². The van der Waals surface area contributed by atoms with E-state index in [4.69, 9.17) is 0 Å². The van der Waals surface area contributed by atoms with Crippen molar-refractivity contribution < 1.29 is 0 Å². The zero-order chi connectivity index (χ0) is 10.7. The third-order valence-corrected chi connectivity index (χ3v) is 4.71. The molecule has 2 heterocycles. The van der Waals surface area contributed by atoms with E-state index in [1.54, 1.807) is 11.3 Å². The Morgan fingerprint density at radius 3 is 2.93 bits per heavy atom. The predicted molar refractivity (Wildman–Crippen MR) is 68.6 cm³/mol. The Morgan fingerprint density at radius 2 is 2.40 bits per heavy atom. The Hall–Kier alpha value is -0.0600. The number of hydrogen-bond acceptors (Lipinski definition) is 4. The molecule has 1 aromatic rings. The van der Waals surface area contributed by atoms with Gasteiger partial charge in [0.15, 0.2) is 0 Å². The highest BCUT2D eigenvalue weighted by Gasteiger charge is 2.28. The molecule has 1 aliphatic heterocycles. The smallest absolute Gasteiger partial charge is 0.110 e. The maximum absolute atomic E-state index is 4.46. The van der Waals surface area contributed by atoms with Gasteiger partial charge in [0.05, 0.1) is 6.04 Å². The number of rotatable bonds is 4. The van der Waals surface area contributed by atoms with Gasteiger partial charge in [0.25, 0.3) is 0 Å². The summed E-state index contributed by atoms with van der Waals surface area (Å²) < 4.78 is 0. The van der Waals surface area contributed by atoms with E-state index < -0.39 is 0 Å². The summed E-state index contributed by atoms with van der Waals surface area (Å²) in [6.07, 6.45) is 3.24. The summed E-state index contributed by atoms with van der Waals surface area (Å²) in [6, 6.07) is 1.00. The second kappa shape index (κ2) is 5.32. The first-order valence-corrected chi connectivity index (χ1v) is 7.54. The molecule has 2 unspecified atom stereocenters. The van der Waals surface area contributed by atoms with Gasteiger partial charge in [-0.25, -0.2) is 4.98 Å². The quantitative estimate of drug-likeness (QED) is 0.879. The molecule has 1 aliphatic rings. The number of nitrogens with zero attached hydrogens (tertiary/aromatic N) is 1. The van der Waals surface area contributed by atoms with Crippen LogP contribution in [0.25, 0.3) is 0 Å². The molecule has 1 fully saturated rings. The molecule has 4 heteroatoms. The first-order valence-electron chi connectivity index (χ1n) is 5.50. The molecule has 84 valence electrons. The minimum absolute atomic E-state index is 0.472. The van der Waals surface area contributed by atoms with Crippen LogP contribution in [0.2, 0.25) is 0 Å². The average Bonchev–Trinajstić information content (AvgIpc) is 2.87. The summed E-state index contributed by atoms with van der Waals surface area (Å²) in [5.74, 6) is 3.36. The Labute approximate surface area is 99.9 Å². The lowest BCUT2D eigenvalue weighted by molar-refractivity contribution is 0.365. The molecule has 0 spiro atoms. The highest BCUT2D eigenvalue weighted by atomic mass is 32.2. The molecule has 1 aromatic heterocycles. The third-order valence-electron chi connectivity index (χ3n) is 2.67. The second-order valence-corrected chi connectivity index (χ2v) is 6.37. The van der Waals surface area contributed by atoms with Crippen LogP contribution in [0, 0.1) is 5.92 Å². The van der Waals surface area contributed by atoms with Crippen molar-refractivity contribution in [1.29, 1.82) is 0 Å². The van der Waals surface area contributed by atoms with E-state index in [0.29, 0.717) is 12.1 Å². The van der Waals surface area contributed by atoms with Crippen LogP contribution >= 0.6 is 23.1 Å². The molecule has 0 bridgehead atoms. The monoisotopic (exact) mass is 242 g/mol. The van der Waals surface area contributed by atoms with Crippen LogP contribution in [0.5, 0.6) is 0 Å². The van der Waals surface area contributed by atoms with Gasteiger partial charge in [-0.15, -0.1) is 11.3 Å². The van der Waals surface area contributed by atoms with Gasteiger partial charge in [-0.1, -0.05) is 13.8 Å². The summed E-state index contributed by atoms with van der Waals surface area (Å²) >= 11 is 3.85. The van der Waals surface area contributed by atoms with Gasteiger partial charge in [0.2, 0.25) is 0 Å². The zero-order valence-corrected chi connectivity index (χ0v) is 10.9. The minimum atomic E-state index is 0.472. The Kier molecular flexibility index (Phi) is 4.05. The lowest BCUT2D eigenvalue weighted by Crippen LogP contribution is -2.33. The molecule has 0 radical (unpaired) electrons. The molecule has 2 rings (SSSR count). The maximum Gasteiger partial charge on any atom is 0.110 e. The van der Waals surface area contributed by atoms with Crippen molar-refractivity contribution in [3.05, 3.63) is 16.6 Å². The molecule has 1 N–H and O–H groups in total. The summed E-state index contributed by atoms with van der Waals surface area (Å²) in [6.45, 7) is 4.42. The topological polar surface area (TPSA) is 24.9 Å². The van der Waals surface area contributed by atoms with Gasteiger partial charge >= 0.3 is 0 Å².